The van der Waals surface area contributed by atoms with E-state index in [9.17, 15) is 8.42 Å². The van der Waals surface area contributed by atoms with Gasteiger partial charge in [0.25, 0.3) is 10.0 Å². The van der Waals surface area contributed by atoms with Crippen LogP contribution in [0.2, 0.25) is 0 Å². The van der Waals surface area contributed by atoms with Crippen LogP contribution in [0, 0.1) is 6.92 Å². The smallest absolute Gasteiger partial charge is 0.265 e. The number of ether oxygens (including phenoxy) is 3. The van der Waals surface area contributed by atoms with Gasteiger partial charge in [-0.1, -0.05) is 0 Å². The molecular weight excluding hydrogens is 412 g/mol. The van der Waals surface area contributed by atoms with Crippen LogP contribution in [0.1, 0.15) is 11.9 Å². The maximum Gasteiger partial charge on any atom is 0.265 e. The fourth-order valence-corrected chi connectivity index (χ4v) is 4.81. The molecule has 0 amide bonds. The number of sulfonamides is 1. The minimum atomic E-state index is -3.91. The monoisotopic (exact) mass is 432 g/mol. The first-order valence-corrected chi connectivity index (χ1v) is 11.4. The van der Waals surface area contributed by atoms with Gasteiger partial charge in [-0.05, 0) is 44.2 Å². The average Bonchev–Trinajstić information content (AvgIpc) is 3.14. The highest BCUT2D eigenvalue weighted by atomic mass is 32.2. The first-order valence-electron chi connectivity index (χ1n) is 9.08. The third-order valence-corrected chi connectivity index (χ3v) is 6.42. The summed E-state index contributed by atoms with van der Waals surface area (Å²) in [6.07, 6.45) is 0. The molecule has 0 radical (unpaired) electrons. The van der Waals surface area contributed by atoms with Crippen molar-refractivity contribution >= 4 is 27.0 Å². The Morgan fingerprint density at radius 2 is 1.93 bits per heavy atom. The number of nitrogens with one attached hydrogen (secondary N) is 1. The Morgan fingerprint density at radius 1 is 1.14 bits per heavy atom. The van der Waals surface area contributed by atoms with Gasteiger partial charge in [0.05, 0.1) is 23.0 Å². The Hall–Kier alpha value is -2.78. The topological polar surface area (TPSA) is 86.8 Å². The molecular formula is C20H20N2O5S2. The standard InChI is InChI=1S/C20H20N2O5S2/c1-3-25-18-6-4-14(16-12-28-13(2)21-16)10-20(18)29(23,24)22-15-5-7-17-19(11-15)27-9-8-26-17/h4-7,10-12,22H,3,8-9H2,1-2H3. The maximum atomic E-state index is 13.2. The molecule has 0 atom stereocenters. The lowest BCUT2D eigenvalue weighted by atomic mass is 10.2. The summed E-state index contributed by atoms with van der Waals surface area (Å²) >= 11 is 1.51. The molecule has 152 valence electrons. The summed E-state index contributed by atoms with van der Waals surface area (Å²) in [5, 5.41) is 2.81. The van der Waals surface area contributed by atoms with Gasteiger partial charge in [-0.2, -0.15) is 0 Å². The fraction of sp³-hybridized carbons (Fsp3) is 0.250. The number of anilines is 1. The molecule has 0 unspecified atom stereocenters. The van der Waals surface area contributed by atoms with Crippen LogP contribution in [0.3, 0.4) is 0 Å². The zero-order valence-electron chi connectivity index (χ0n) is 16.0. The van der Waals surface area contributed by atoms with Gasteiger partial charge in [-0.3, -0.25) is 4.72 Å². The molecule has 0 spiro atoms. The van der Waals surface area contributed by atoms with Crippen molar-refractivity contribution in [2.24, 2.45) is 0 Å². The zero-order valence-corrected chi connectivity index (χ0v) is 17.6. The molecule has 1 aromatic heterocycles. The molecule has 1 aliphatic rings. The molecule has 4 rings (SSSR count). The first-order chi connectivity index (χ1) is 14.0. The number of hydrogen-bond donors (Lipinski definition) is 1. The van der Waals surface area contributed by atoms with Crippen molar-refractivity contribution in [2.75, 3.05) is 24.5 Å². The van der Waals surface area contributed by atoms with Crippen LogP contribution in [-0.4, -0.2) is 33.2 Å². The predicted octanol–water partition coefficient (Wildman–Crippen LogP) is 4.09. The number of benzene rings is 2. The van der Waals surface area contributed by atoms with E-state index >= 15 is 0 Å². The summed E-state index contributed by atoms with van der Waals surface area (Å²) in [6.45, 7) is 4.96. The Bertz CT molecular complexity index is 1140. The highest BCUT2D eigenvalue weighted by molar-refractivity contribution is 7.92. The highest BCUT2D eigenvalue weighted by Gasteiger charge is 2.23. The number of hydrogen-bond acceptors (Lipinski definition) is 7. The lowest BCUT2D eigenvalue weighted by Crippen LogP contribution is -2.17. The molecule has 0 bridgehead atoms. The van der Waals surface area contributed by atoms with Crippen LogP contribution in [-0.2, 0) is 10.0 Å². The summed E-state index contributed by atoms with van der Waals surface area (Å²) < 4.78 is 45.5. The number of aryl methyl sites for hydroxylation is 1. The van der Waals surface area contributed by atoms with Gasteiger partial charge in [-0.15, -0.1) is 11.3 Å². The van der Waals surface area contributed by atoms with E-state index in [-0.39, 0.29) is 10.6 Å². The molecule has 0 saturated heterocycles. The van der Waals surface area contributed by atoms with E-state index in [1.165, 1.54) is 11.3 Å². The van der Waals surface area contributed by atoms with Crippen molar-refractivity contribution in [2.45, 2.75) is 18.7 Å². The van der Waals surface area contributed by atoms with E-state index in [2.05, 4.69) is 9.71 Å². The number of aromatic nitrogens is 1. The van der Waals surface area contributed by atoms with Crippen LogP contribution in [0.5, 0.6) is 17.2 Å². The van der Waals surface area contributed by atoms with Crippen molar-refractivity contribution in [1.82, 2.24) is 4.98 Å². The Morgan fingerprint density at radius 3 is 2.66 bits per heavy atom. The molecule has 1 N–H and O–H groups in total. The molecule has 2 aromatic carbocycles. The average molecular weight is 433 g/mol. The Labute approximate surface area is 173 Å². The first kappa shape index (κ1) is 19.5. The minimum Gasteiger partial charge on any atom is -0.492 e. The number of nitrogens with zero attached hydrogens (tertiary/aromatic N) is 1. The summed E-state index contributed by atoms with van der Waals surface area (Å²) in [5.41, 5.74) is 1.82. The van der Waals surface area contributed by atoms with Crippen molar-refractivity contribution in [3.8, 4) is 28.5 Å². The van der Waals surface area contributed by atoms with Crippen molar-refractivity contribution in [3.05, 3.63) is 46.8 Å². The molecule has 9 heteroatoms. The second kappa shape index (κ2) is 7.92. The quantitative estimate of drug-likeness (QED) is 0.631. The lowest BCUT2D eigenvalue weighted by molar-refractivity contribution is 0.171. The van der Waals surface area contributed by atoms with Gasteiger partial charge in [0.15, 0.2) is 11.5 Å². The molecule has 1 aliphatic heterocycles. The largest absolute Gasteiger partial charge is 0.492 e. The Balaban J connectivity index is 1.71. The van der Waals surface area contributed by atoms with Crippen molar-refractivity contribution in [1.29, 1.82) is 0 Å². The number of fused-ring (bicyclic) bond motifs is 1. The van der Waals surface area contributed by atoms with E-state index in [0.717, 1.165) is 10.7 Å². The van der Waals surface area contributed by atoms with Crippen LogP contribution >= 0.6 is 11.3 Å². The zero-order chi connectivity index (χ0) is 20.4. The number of rotatable bonds is 6. The molecule has 0 saturated carbocycles. The van der Waals surface area contributed by atoms with Gasteiger partial charge in [0.2, 0.25) is 0 Å². The predicted molar refractivity (Wildman–Crippen MR) is 112 cm³/mol. The maximum absolute atomic E-state index is 13.2. The van der Waals surface area contributed by atoms with Crippen molar-refractivity contribution in [3.63, 3.8) is 0 Å². The summed E-state index contributed by atoms with van der Waals surface area (Å²) in [7, 11) is -3.91. The van der Waals surface area contributed by atoms with E-state index in [1.54, 1.807) is 30.3 Å². The normalized spacial score (nSPS) is 13.2. The van der Waals surface area contributed by atoms with E-state index < -0.39 is 10.0 Å². The minimum absolute atomic E-state index is 0.0531. The second-order valence-corrected chi connectivity index (χ2v) is 9.02. The van der Waals surface area contributed by atoms with Crippen LogP contribution in [0.15, 0.2) is 46.7 Å². The van der Waals surface area contributed by atoms with Crippen LogP contribution in [0.4, 0.5) is 5.69 Å². The summed E-state index contributed by atoms with van der Waals surface area (Å²) in [6, 6.07) is 9.98. The molecule has 0 aliphatic carbocycles. The lowest BCUT2D eigenvalue weighted by Gasteiger charge is -2.19. The van der Waals surface area contributed by atoms with E-state index in [0.29, 0.717) is 42.6 Å². The third kappa shape index (κ3) is 4.15. The molecule has 3 aromatic rings. The van der Waals surface area contributed by atoms with Gasteiger partial charge in [0.1, 0.15) is 23.9 Å². The second-order valence-electron chi connectivity index (χ2n) is 6.31. The summed E-state index contributed by atoms with van der Waals surface area (Å²) in [4.78, 5) is 4.50. The number of thiazole rings is 1. The van der Waals surface area contributed by atoms with E-state index in [4.69, 9.17) is 14.2 Å². The van der Waals surface area contributed by atoms with Gasteiger partial charge in [-0.25, -0.2) is 13.4 Å². The van der Waals surface area contributed by atoms with Crippen LogP contribution < -0.4 is 18.9 Å². The third-order valence-electron chi connectivity index (χ3n) is 4.24. The van der Waals surface area contributed by atoms with E-state index in [1.807, 2.05) is 25.3 Å². The molecule has 0 fully saturated rings. The Kier molecular flexibility index (Phi) is 5.33. The molecule has 7 nitrogen and oxygen atoms in total. The molecule has 2 heterocycles. The van der Waals surface area contributed by atoms with Gasteiger partial charge in [0, 0.05) is 17.0 Å². The SMILES string of the molecule is CCOc1ccc(-c2csc(C)n2)cc1S(=O)(=O)Nc1ccc2c(c1)OCCO2. The van der Waals surface area contributed by atoms with Gasteiger partial charge >= 0.3 is 0 Å². The highest BCUT2D eigenvalue weighted by Crippen LogP contribution is 2.35. The van der Waals surface area contributed by atoms with Crippen LogP contribution in [0.25, 0.3) is 11.3 Å². The molecule has 29 heavy (non-hydrogen) atoms. The summed E-state index contributed by atoms with van der Waals surface area (Å²) in [5.74, 6) is 1.39. The fourth-order valence-electron chi connectivity index (χ4n) is 2.97. The van der Waals surface area contributed by atoms with Gasteiger partial charge < -0.3 is 14.2 Å². The van der Waals surface area contributed by atoms with Crippen molar-refractivity contribution < 1.29 is 22.6 Å².